The molecule has 1 amide bonds. The number of carbonyl (C=O) groups is 1. The summed E-state index contributed by atoms with van der Waals surface area (Å²) in [6, 6.07) is 13.3. The Morgan fingerprint density at radius 2 is 1.83 bits per heavy atom. The van der Waals surface area contributed by atoms with Crippen LogP contribution >= 0.6 is 11.6 Å². The number of fused-ring (bicyclic) bond motifs is 1. The van der Waals surface area contributed by atoms with Crippen LogP contribution in [-0.4, -0.2) is 79.8 Å². The third kappa shape index (κ3) is 5.40. The zero-order valence-electron chi connectivity index (χ0n) is 23.8. The van der Waals surface area contributed by atoms with Crippen molar-refractivity contribution in [1.82, 2.24) is 25.2 Å². The second kappa shape index (κ2) is 11.8. The number of ether oxygens (including phenoxy) is 2. The van der Waals surface area contributed by atoms with Crippen molar-refractivity contribution < 1.29 is 14.3 Å². The molecule has 42 heavy (non-hydrogen) atoms. The molecule has 4 heterocycles. The maximum Gasteiger partial charge on any atom is 0.255 e. The van der Waals surface area contributed by atoms with Crippen molar-refractivity contribution in [3.63, 3.8) is 0 Å². The molecule has 2 aliphatic rings. The lowest BCUT2D eigenvalue weighted by Gasteiger charge is -2.34. The average molecular weight is 589 g/mol. The highest BCUT2D eigenvalue weighted by atomic mass is 35.5. The van der Waals surface area contributed by atoms with Gasteiger partial charge in [-0.2, -0.15) is 0 Å². The maximum absolute atomic E-state index is 13.0. The number of amides is 1. The van der Waals surface area contributed by atoms with Crippen molar-refractivity contribution in [3.8, 4) is 22.9 Å². The van der Waals surface area contributed by atoms with Gasteiger partial charge < -0.3 is 40.2 Å². The van der Waals surface area contributed by atoms with Gasteiger partial charge in [-0.05, 0) is 37.4 Å². The highest BCUT2D eigenvalue weighted by Crippen LogP contribution is 2.41. The topological polar surface area (TPSA) is 120 Å². The zero-order chi connectivity index (χ0) is 29.2. The first kappa shape index (κ1) is 27.7. The minimum absolute atomic E-state index is 0.167. The Morgan fingerprint density at radius 3 is 2.62 bits per heavy atom. The minimum Gasteiger partial charge on any atom is -0.494 e. The number of halogens is 1. The van der Waals surface area contributed by atoms with E-state index in [9.17, 15) is 4.79 Å². The van der Waals surface area contributed by atoms with Crippen molar-refractivity contribution >= 4 is 46.2 Å². The van der Waals surface area contributed by atoms with Crippen LogP contribution in [-0.2, 0) is 6.42 Å². The number of aromatic nitrogens is 3. The van der Waals surface area contributed by atoms with Gasteiger partial charge in [0, 0.05) is 62.8 Å². The summed E-state index contributed by atoms with van der Waals surface area (Å²) in [5.74, 6) is 1.40. The SMILES string of the molecule is COc1cc(N2CCN(C)CC2)ccc1Nc1nccc(-c2[nH]c3c(c2Nc2cccc(Cl)c2OC)C(=O)NCC3)n1. The Labute approximate surface area is 249 Å². The quantitative estimate of drug-likeness (QED) is 0.233. The monoisotopic (exact) mass is 588 g/mol. The summed E-state index contributed by atoms with van der Waals surface area (Å²) >= 11 is 6.38. The fourth-order valence-electron chi connectivity index (χ4n) is 5.37. The Balaban J connectivity index is 1.33. The van der Waals surface area contributed by atoms with Crippen LogP contribution in [0.1, 0.15) is 16.1 Å². The number of piperazine rings is 1. The molecular formula is C30H33ClN8O3. The first-order chi connectivity index (χ1) is 20.4. The molecule has 1 fully saturated rings. The molecule has 2 aliphatic heterocycles. The number of nitrogens with one attached hydrogen (secondary N) is 4. The first-order valence-electron chi connectivity index (χ1n) is 13.8. The van der Waals surface area contributed by atoms with Gasteiger partial charge in [0.05, 0.1) is 53.3 Å². The number of rotatable bonds is 8. The van der Waals surface area contributed by atoms with Gasteiger partial charge in [0.2, 0.25) is 5.95 Å². The lowest BCUT2D eigenvalue weighted by Crippen LogP contribution is -2.44. The number of H-pyrrole nitrogens is 1. The summed E-state index contributed by atoms with van der Waals surface area (Å²) in [7, 11) is 5.35. The minimum atomic E-state index is -0.167. The van der Waals surface area contributed by atoms with Crippen LogP contribution < -0.4 is 30.3 Å². The van der Waals surface area contributed by atoms with E-state index in [2.05, 4.69) is 48.8 Å². The van der Waals surface area contributed by atoms with Crippen molar-refractivity contribution in [3.05, 3.63) is 64.9 Å². The molecule has 12 heteroatoms. The average Bonchev–Trinajstić information content (AvgIpc) is 3.37. The molecule has 2 aromatic heterocycles. The van der Waals surface area contributed by atoms with E-state index in [1.165, 1.54) is 0 Å². The number of nitrogens with zero attached hydrogens (tertiary/aromatic N) is 4. The van der Waals surface area contributed by atoms with E-state index in [4.69, 9.17) is 26.1 Å². The van der Waals surface area contributed by atoms with Crippen molar-refractivity contribution in [1.29, 1.82) is 0 Å². The third-order valence-corrected chi connectivity index (χ3v) is 7.91. The normalized spacial score (nSPS) is 15.1. The van der Waals surface area contributed by atoms with E-state index in [-0.39, 0.29) is 5.91 Å². The fourth-order valence-corrected chi connectivity index (χ4v) is 5.62. The largest absolute Gasteiger partial charge is 0.494 e. The van der Waals surface area contributed by atoms with Crippen molar-refractivity contribution in [2.45, 2.75) is 6.42 Å². The van der Waals surface area contributed by atoms with E-state index >= 15 is 0 Å². The van der Waals surface area contributed by atoms with Crippen LogP contribution in [0.25, 0.3) is 11.4 Å². The number of para-hydroxylation sites is 1. The van der Waals surface area contributed by atoms with Gasteiger partial charge in [-0.3, -0.25) is 4.79 Å². The van der Waals surface area contributed by atoms with E-state index in [0.29, 0.717) is 63.8 Å². The molecule has 6 rings (SSSR count). The number of methoxy groups -OCH3 is 2. The predicted octanol–water partition coefficient (Wildman–Crippen LogP) is 4.67. The first-order valence-corrected chi connectivity index (χ1v) is 14.2. The van der Waals surface area contributed by atoms with Gasteiger partial charge in [0.15, 0.2) is 5.75 Å². The van der Waals surface area contributed by atoms with E-state index in [0.717, 1.165) is 43.2 Å². The van der Waals surface area contributed by atoms with Crippen molar-refractivity contribution in [2.24, 2.45) is 0 Å². The molecule has 218 valence electrons. The summed E-state index contributed by atoms with van der Waals surface area (Å²) in [5, 5.41) is 10.1. The number of likely N-dealkylation sites (N-methyl/N-ethyl adjacent to an activating group) is 1. The lowest BCUT2D eigenvalue weighted by molar-refractivity contribution is 0.0947. The zero-order valence-corrected chi connectivity index (χ0v) is 24.5. The number of hydrogen-bond donors (Lipinski definition) is 4. The molecule has 0 radical (unpaired) electrons. The number of aromatic amines is 1. The summed E-state index contributed by atoms with van der Waals surface area (Å²) in [5.41, 5.74) is 5.69. The Kier molecular flexibility index (Phi) is 7.77. The fraction of sp³-hybridized carbons (Fsp3) is 0.300. The standard InChI is InChI=1S/C30H33ClN8O3/c1-38-13-15-39(16-14-38)18-7-8-20(24(17-18)41-2)36-30-33-12-10-22(37-30)26-27(25-21(34-26)9-11-32-29(25)40)35-23-6-4-5-19(31)28(23)42-3/h4-8,10,12,17,34-35H,9,11,13-16H2,1-3H3,(H,32,40)(H,33,36,37). The maximum atomic E-state index is 13.0. The summed E-state index contributed by atoms with van der Waals surface area (Å²) in [6.07, 6.45) is 2.34. The molecule has 0 spiro atoms. The Hall–Kier alpha value is -4.48. The molecule has 2 aromatic carbocycles. The molecular weight excluding hydrogens is 556 g/mol. The molecule has 4 N–H and O–H groups in total. The van der Waals surface area contributed by atoms with Crippen LogP contribution in [0.5, 0.6) is 11.5 Å². The molecule has 4 aromatic rings. The lowest BCUT2D eigenvalue weighted by atomic mass is 10.1. The van der Waals surface area contributed by atoms with Gasteiger partial charge in [-0.15, -0.1) is 0 Å². The van der Waals surface area contributed by atoms with Gasteiger partial charge in [-0.1, -0.05) is 17.7 Å². The molecule has 0 aliphatic carbocycles. The van der Waals surface area contributed by atoms with E-state index in [1.807, 2.05) is 24.3 Å². The summed E-state index contributed by atoms with van der Waals surface area (Å²) < 4.78 is 11.3. The van der Waals surface area contributed by atoms with Gasteiger partial charge in [-0.25, -0.2) is 9.97 Å². The number of carbonyl (C=O) groups excluding carboxylic acids is 1. The number of anilines is 5. The predicted molar refractivity (Wildman–Crippen MR) is 165 cm³/mol. The molecule has 0 unspecified atom stereocenters. The Morgan fingerprint density at radius 1 is 1.00 bits per heavy atom. The third-order valence-electron chi connectivity index (χ3n) is 7.61. The highest BCUT2D eigenvalue weighted by Gasteiger charge is 2.28. The van der Waals surface area contributed by atoms with Gasteiger partial charge >= 0.3 is 0 Å². The van der Waals surface area contributed by atoms with E-state index < -0.39 is 0 Å². The van der Waals surface area contributed by atoms with Crippen LogP contribution in [0, 0.1) is 0 Å². The smallest absolute Gasteiger partial charge is 0.255 e. The number of hydrogen-bond acceptors (Lipinski definition) is 9. The second-order valence-electron chi connectivity index (χ2n) is 10.2. The Bertz CT molecular complexity index is 1620. The summed E-state index contributed by atoms with van der Waals surface area (Å²) in [6.45, 7) is 4.52. The molecule has 0 saturated carbocycles. The molecule has 0 bridgehead atoms. The molecule has 1 saturated heterocycles. The van der Waals surface area contributed by atoms with Crippen LogP contribution in [0.3, 0.4) is 0 Å². The highest BCUT2D eigenvalue weighted by molar-refractivity contribution is 6.32. The van der Waals surface area contributed by atoms with Gasteiger partial charge in [0.1, 0.15) is 5.75 Å². The number of benzene rings is 2. The molecule has 0 atom stereocenters. The summed E-state index contributed by atoms with van der Waals surface area (Å²) in [4.78, 5) is 30.4. The van der Waals surface area contributed by atoms with Crippen LogP contribution in [0.4, 0.5) is 28.7 Å². The van der Waals surface area contributed by atoms with Crippen LogP contribution in [0.2, 0.25) is 5.02 Å². The van der Waals surface area contributed by atoms with Crippen LogP contribution in [0.15, 0.2) is 48.7 Å². The van der Waals surface area contributed by atoms with E-state index in [1.54, 1.807) is 32.5 Å². The van der Waals surface area contributed by atoms with Gasteiger partial charge in [0.25, 0.3) is 5.91 Å². The molecule has 11 nitrogen and oxygen atoms in total. The van der Waals surface area contributed by atoms with Crippen molar-refractivity contribution in [2.75, 3.05) is 69.5 Å². The second-order valence-corrected chi connectivity index (χ2v) is 10.7.